The molecular weight excluding hydrogens is 468 g/mol. The van der Waals surface area contributed by atoms with Crippen LogP contribution >= 0.6 is 11.3 Å². The molecule has 4 aromatic rings. The lowest BCUT2D eigenvalue weighted by atomic mass is 10.0. The maximum Gasteiger partial charge on any atom is 0.255 e. The van der Waals surface area contributed by atoms with Crippen LogP contribution in [0.25, 0.3) is 16.5 Å². The lowest BCUT2D eigenvalue weighted by molar-refractivity contribution is 0.0899. The van der Waals surface area contributed by atoms with Crippen LogP contribution in [-0.2, 0) is 6.54 Å². The van der Waals surface area contributed by atoms with E-state index in [1.165, 1.54) is 5.56 Å². The largest absolute Gasteiger partial charge is 0.348 e. The third-order valence-corrected chi connectivity index (χ3v) is 7.88. The molecule has 0 radical (unpaired) electrons. The molecule has 1 aromatic carbocycles. The van der Waals surface area contributed by atoms with E-state index >= 15 is 0 Å². The van der Waals surface area contributed by atoms with Crippen LogP contribution in [0.15, 0.2) is 60.2 Å². The van der Waals surface area contributed by atoms with E-state index in [4.69, 9.17) is 4.98 Å². The normalized spacial score (nSPS) is 18.3. The van der Waals surface area contributed by atoms with Crippen LogP contribution in [0.2, 0.25) is 0 Å². The first-order valence-electron chi connectivity index (χ1n) is 12.7. The summed E-state index contributed by atoms with van der Waals surface area (Å²) in [6, 6.07) is 14.8. The van der Waals surface area contributed by atoms with Gasteiger partial charge in [0.2, 0.25) is 0 Å². The molecule has 8 heteroatoms. The van der Waals surface area contributed by atoms with Crippen molar-refractivity contribution in [1.82, 2.24) is 30.0 Å². The number of nitrogens with zero attached hydrogens (tertiary/aromatic N) is 5. The number of nitrogens with one attached hydrogen (secondary N) is 1. The second-order valence-electron chi connectivity index (χ2n) is 9.84. The molecule has 1 N–H and O–H groups in total. The highest BCUT2D eigenvalue weighted by Crippen LogP contribution is 2.42. The highest BCUT2D eigenvalue weighted by molar-refractivity contribution is 7.13. The smallest absolute Gasteiger partial charge is 0.255 e. The minimum Gasteiger partial charge on any atom is -0.348 e. The Morgan fingerprint density at radius 1 is 1.11 bits per heavy atom. The second kappa shape index (κ2) is 9.95. The number of carbonyl (C=O) groups excluding carboxylic acids is 1. The predicted molar refractivity (Wildman–Crippen MR) is 141 cm³/mol. The Morgan fingerprint density at radius 2 is 1.97 bits per heavy atom. The number of hydrogen-bond acceptors (Lipinski definition) is 6. The third kappa shape index (κ3) is 4.83. The number of amides is 1. The molecule has 36 heavy (non-hydrogen) atoms. The van der Waals surface area contributed by atoms with Gasteiger partial charge in [-0.1, -0.05) is 36.4 Å². The number of rotatable bonds is 7. The second-order valence-corrected chi connectivity index (χ2v) is 10.8. The van der Waals surface area contributed by atoms with E-state index in [2.05, 4.69) is 56.0 Å². The van der Waals surface area contributed by atoms with Crippen LogP contribution in [0.4, 0.5) is 0 Å². The molecule has 1 atom stereocenters. The molecule has 3 aromatic heterocycles. The number of carbonyl (C=O) groups is 1. The molecule has 7 nitrogen and oxygen atoms in total. The average molecular weight is 499 g/mol. The summed E-state index contributed by atoms with van der Waals surface area (Å²) >= 11 is 1.66. The van der Waals surface area contributed by atoms with E-state index in [9.17, 15) is 4.79 Å². The fraction of sp³-hybridized carbons (Fsp3) is 0.357. The zero-order valence-electron chi connectivity index (χ0n) is 20.4. The molecule has 0 spiro atoms. The van der Waals surface area contributed by atoms with Crippen molar-refractivity contribution in [3.05, 3.63) is 82.6 Å². The number of benzene rings is 1. The summed E-state index contributed by atoms with van der Waals surface area (Å²) in [6.07, 6.45) is 7.73. The predicted octanol–water partition coefficient (Wildman–Crippen LogP) is 4.97. The van der Waals surface area contributed by atoms with E-state index < -0.39 is 0 Å². The third-order valence-electron chi connectivity index (χ3n) is 7.01. The van der Waals surface area contributed by atoms with Crippen molar-refractivity contribution in [3.63, 3.8) is 0 Å². The molecule has 1 aliphatic heterocycles. The summed E-state index contributed by atoms with van der Waals surface area (Å²) in [7, 11) is 0. The van der Waals surface area contributed by atoms with Gasteiger partial charge in [0.05, 0.1) is 28.0 Å². The zero-order chi connectivity index (χ0) is 24.5. The Hall–Kier alpha value is -3.36. The van der Waals surface area contributed by atoms with Gasteiger partial charge in [-0.05, 0) is 61.7 Å². The van der Waals surface area contributed by atoms with Crippen molar-refractivity contribution in [2.24, 2.45) is 0 Å². The highest BCUT2D eigenvalue weighted by Gasteiger charge is 2.34. The van der Waals surface area contributed by atoms with Crippen molar-refractivity contribution >= 4 is 17.2 Å². The Balaban J connectivity index is 1.21. The SMILES string of the molecule is Cc1cnc(-n2ncc(C(=O)NC3CCCN(Cc4ccccc4)C3)c2C2CC2)nc1-c1cccs1. The van der Waals surface area contributed by atoms with Crippen LogP contribution in [-0.4, -0.2) is 49.7 Å². The van der Waals surface area contributed by atoms with Gasteiger partial charge in [-0.25, -0.2) is 14.6 Å². The molecule has 1 saturated carbocycles. The van der Waals surface area contributed by atoms with Gasteiger partial charge >= 0.3 is 0 Å². The summed E-state index contributed by atoms with van der Waals surface area (Å²) in [4.78, 5) is 26.4. The van der Waals surface area contributed by atoms with Crippen molar-refractivity contribution in [2.45, 2.75) is 51.1 Å². The van der Waals surface area contributed by atoms with E-state index in [0.717, 1.165) is 67.1 Å². The van der Waals surface area contributed by atoms with E-state index in [-0.39, 0.29) is 11.9 Å². The molecule has 184 valence electrons. The summed E-state index contributed by atoms with van der Waals surface area (Å²) < 4.78 is 1.78. The van der Waals surface area contributed by atoms with Crippen molar-refractivity contribution < 1.29 is 4.79 Å². The van der Waals surface area contributed by atoms with Crippen molar-refractivity contribution in [2.75, 3.05) is 13.1 Å². The van der Waals surface area contributed by atoms with E-state index in [1.807, 2.05) is 25.3 Å². The maximum absolute atomic E-state index is 13.5. The Labute approximate surface area is 215 Å². The topological polar surface area (TPSA) is 75.9 Å². The molecular formula is C28H30N6OS. The van der Waals surface area contributed by atoms with Gasteiger partial charge in [0, 0.05) is 31.2 Å². The standard InChI is InChI=1S/C28H30N6OS/c1-19-15-29-28(32-25(19)24-10-6-14-36-24)34-26(21-11-12-21)23(16-30-34)27(35)31-22-9-5-13-33(18-22)17-20-7-3-2-4-8-20/h2-4,6-8,10,14-16,21-22H,5,9,11-13,17-18H2,1H3,(H,31,35). The fourth-order valence-corrected chi connectivity index (χ4v) is 5.84. The minimum atomic E-state index is -0.0414. The van der Waals surface area contributed by atoms with E-state index in [0.29, 0.717) is 17.4 Å². The van der Waals surface area contributed by atoms with Gasteiger partial charge in [-0.15, -0.1) is 11.3 Å². The van der Waals surface area contributed by atoms with Gasteiger partial charge in [0.1, 0.15) is 0 Å². The van der Waals surface area contributed by atoms with Crippen LogP contribution < -0.4 is 5.32 Å². The molecule has 2 aliphatic rings. The average Bonchev–Trinajstić information content (AvgIpc) is 3.39. The van der Waals surface area contributed by atoms with Crippen LogP contribution in [0, 0.1) is 6.92 Å². The van der Waals surface area contributed by atoms with Gasteiger partial charge in [-0.3, -0.25) is 9.69 Å². The molecule has 1 aliphatic carbocycles. The number of thiophene rings is 1. The Kier molecular flexibility index (Phi) is 6.37. The highest BCUT2D eigenvalue weighted by atomic mass is 32.1. The summed E-state index contributed by atoms with van der Waals surface area (Å²) in [5, 5.41) is 9.97. The van der Waals surface area contributed by atoms with Gasteiger partial charge in [-0.2, -0.15) is 5.10 Å². The van der Waals surface area contributed by atoms with Gasteiger partial charge in [0.15, 0.2) is 0 Å². The molecule has 6 rings (SSSR count). The quantitative estimate of drug-likeness (QED) is 0.389. The molecule has 1 amide bonds. The molecule has 1 unspecified atom stereocenters. The summed E-state index contributed by atoms with van der Waals surface area (Å²) in [6.45, 7) is 4.85. The van der Waals surface area contributed by atoms with Crippen molar-refractivity contribution in [1.29, 1.82) is 0 Å². The zero-order valence-corrected chi connectivity index (χ0v) is 21.2. The summed E-state index contributed by atoms with van der Waals surface area (Å²) in [5.74, 6) is 0.807. The number of hydrogen-bond donors (Lipinski definition) is 1. The van der Waals surface area contributed by atoms with Crippen LogP contribution in [0.5, 0.6) is 0 Å². The fourth-order valence-electron chi connectivity index (χ4n) is 5.06. The Morgan fingerprint density at radius 3 is 2.75 bits per heavy atom. The molecule has 1 saturated heterocycles. The van der Waals surface area contributed by atoms with Crippen LogP contribution in [0.1, 0.15) is 58.8 Å². The lowest BCUT2D eigenvalue weighted by Crippen LogP contribution is -2.47. The first-order valence-corrected chi connectivity index (χ1v) is 13.6. The molecule has 2 fully saturated rings. The minimum absolute atomic E-state index is 0.0414. The number of aromatic nitrogens is 4. The van der Waals surface area contributed by atoms with Crippen molar-refractivity contribution in [3.8, 4) is 16.5 Å². The number of likely N-dealkylation sites (tertiary alicyclic amines) is 1. The number of piperidine rings is 1. The van der Waals surface area contributed by atoms with E-state index in [1.54, 1.807) is 22.2 Å². The monoisotopic (exact) mass is 498 g/mol. The first-order chi connectivity index (χ1) is 17.7. The lowest BCUT2D eigenvalue weighted by Gasteiger charge is -2.33. The molecule has 4 heterocycles. The van der Waals surface area contributed by atoms with Crippen LogP contribution in [0.3, 0.4) is 0 Å². The first kappa shape index (κ1) is 23.1. The number of aryl methyl sites for hydroxylation is 1. The van der Waals surface area contributed by atoms with Gasteiger partial charge in [0.25, 0.3) is 11.9 Å². The summed E-state index contributed by atoms with van der Waals surface area (Å²) in [5.41, 5.74) is 4.84. The maximum atomic E-state index is 13.5. The van der Waals surface area contributed by atoms with Gasteiger partial charge < -0.3 is 5.32 Å². The Bertz CT molecular complexity index is 1350. The molecule has 0 bridgehead atoms.